The highest BCUT2D eigenvalue weighted by atomic mass is 16.5. The van der Waals surface area contributed by atoms with E-state index in [0.717, 1.165) is 43.4 Å². The molecule has 0 unspecified atom stereocenters. The van der Waals surface area contributed by atoms with Gasteiger partial charge in [-0.15, -0.1) is 0 Å². The molecule has 7 heteroatoms. The predicted octanol–water partition coefficient (Wildman–Crippen LogP) is 2.93. The SMILES string of the molecule is CCNC(=NCc1c(C)nn(CCOC)c1C)NCCc1c[nH]c2ccccc12. The molecule has 3 N–H and O–H groups in total. The first-order valence-corrected chi connectivity index (χ1v) is 10.2. The van der Waals surface area contributed by atoms with Crippen LogP contribution in [0.25, 0.3) is 10.9 Å². The summed E-state index contributed by atoms with van der Waals surface area (Å²) in [7, 11) is 1.71. The summed E-state index contributed by atoms with van der Waals surface area (Å²) in [6.45, 7) is 9.88. The van der Waals surface area contributed by atoms with Crippen molar-refractivity contribution in [1.29, 1.82) is 0 Å². The van der Waals surface area contributed by atoms with Crippen molar-refractivity contribution < 1.29 is 4.74 Å². The number of hydrogen-bond donors (Lipinski definition) is 3. The largest absolute Gasteiger partial charge is 0.383 e. The number of hydrogen-bond acceptors (Lipinski definition) is 3. The van der Waals surface area contributed by atoms with Crippen molar-refractivity contribution in [3.63, 3.8) is 0 Å². The Kier molecular flexibility index (Phi) is 7.30. The van der Waals surface area contributed by atoms with Gasteiger partial charge in [-0.1, -0.05) is 18.2 Å². The van der Waals surface area contributed by atoms with E-state index >= 15 is 0 Å². The maximum absolute atomic E-state index is 5.17. The standard InChI is InChI=1S/C22H32N6O/c1-5-23-22(24-11-10-18-14-25-21-9-7-6-8-19(18)21)26-15-20-16(2)27-28(17(20)3)12-13-29-4/h6-9,14,25H,5,10-13,15H2,1-4H3,(H2,23,24,26). The third-order valence-corrected chi connectivity index (χ3v) is 5.14. The lowest BCUT2D eigenvalue weighted by Crippen LogP contribution is -2.38. The van der Waals surface area contributed by atoms with Gasteiger partial charge >= 0.3 is 0 Å². The van der Waals surface area contributed by atoms with E-state index in [-0.39, 0.29) is 0 Å². The van der Waals surface area contributed by atoms with Crippen LogP contribution in [0.2, 0.25) is 0 Å². The molecule has 1 aromatic carbocycles. The number of aliphatic imine (C=N–C) groups is 1. The number of aromatic amines is 1. The van der Waals surface area contributed by atoms with Crippen molar-refractivity contribution >= 4 is 16.9 Å². The van der Waals surface area contributed by atoms with Gasteiger partial charge in [-0.2, -0.15) is 5.10 Å². The van der Waals surface area contributed by atoms with Gasteiger partial charge in [-0.25, -0.2) is 4.99 Å². The number of aryl methyl sites for hydroxylation is 1. The summed E-state index contributed by atoms with van der Waals surface area (Å²) in [5.41, 5.74) is 5.85. The van der Waals surface area contributed by atoms with Gasteiger partial charge in [0, 0.05) is 48.6 Å². The van der Waals surface area contributed by atoms with E-state index in [4.69, 9.17) is 9.73 Å². The van der Waals surface area contributed by atoms with Crippen molar-refractivity contribution in [2.45, 2.75) is 40.3 Å². The smallest absolute Gasteiger partial charge is 0.191 e. The molecule has 0 aliphatic carbocycles. The Balaban J connectivity index is 1.62. The number of fused-ring (bicyclic) bond motifs is 1. The van der Waals surface area contributed by atoms with Crippen LogP contribution >= 0.6 is 0 Å². The summed E-state index contributed by atoms with van der Waals surface area (Å²) >= 11 is 0. The normalized spacial score (nSPS) is 11.9. The molecule has 0 saturated heterocycles. The molecule has 0 saturated carbocycles. The quantitative estimate of drug-likeness (QED) is 0.384. The summed E-state index contributed by atoms with van der Waals surface area (Å²) in [4.78, 5) is 8.12. The van der Waals surface area contributed by atoms with E-state index in [1.807, 2.05) is 11.6 Å². The second-order valence-corrected chi connectivity index (χ2v) is 7.10. The number of para-hydroxylation sites is 1. The van der Waals surface area contributed by atoms with Gasteiger partial charge in [0.2, 0.25) is 0 Å². The van der Waals surface area contributed by atoms with Crippen LogP contribution in [0.15, 0.2) is 35.5 Å². The zero-order valence-electron chi connectivity index (χ0n) is 17.9. The van der Waals surface area contributed by atoms with Crippen LogP contribution in [0.3, 0.4) is 0 Å². The molecule has 0 bridgehead atoms. The van der Waals surface area contributed by atoms with Crippen molar-refractivity contribution in [3.8, 4) is 0 Å². The monoisotopic (exact) mass is 396 g/mol. The zero-order valence-corrected chi connectivity index (χ0v) is 17.9. The Hall–Kier alpha value is -2.80. The molecule has 0 amide bonds. The van der Waals surface area contributed by atoms with Crippen LogP contribution in [-0.2, 0) is 24.2 Å². The second kappa shape index (κ2) is 10.1. The molecular weight excluding hydrogens is 364 g/mol. The van der Waals surface area contributed by atoms with Gasteiger partial charge in [0.15, 0.2) is 5.96 Å². The molecule has 0 atom stereocenters. The number of nitrogens with zero attached hydrogens (tertiary/aromatic N) is 3. The fourth-order valence-electron chi connectivity index (χ4n) is 3.51. The van der Waals surface area contributed by atoms with Crippen molar-refractivity contribution in [1.82, 2.24) is 25.4 Å². The fraction of sp³-hybridized carbons (Fsp3) is 0.455. The lowest BCUT2D eigenvalue weighted by atomic mass is 10.1. The van der Waals surface area contributed by atoms with Crippen LogP contribution in [0.4, 0.5) is 0 Å². The first kappa shape index (κ1) is 20.9. The number of aromatic nitrogens is 3. The zero-order chi connectivity index (χ0) is 20.6. The highest BCUT2D eigenvalue weighted by Gasteiger charge is 2.11. The van der Waals surface area contributed by atoms with Crippen molar-refractivity contribution in [2.75, 3.05) is 26.8 Å². The van der Waals surface area contributed by atoms with Crippen LogP contribution in [0.1, 0.15) is 29.4 Å². The first-order valence-electron chi connectivity index (χ1n) is 10.2. The maximum Gasteiger partial charge on any atom is 0.191 e. The van der Waals surface area contributed by atoms with Crippen molar-refractivity contribution in [3.05, 3.63) is 53.0 Å². The molecule has 156 valence electrons. The second-order valence-electron chi connectivity index (χ2n) is 7.10. The number of benzene rings is 1. The van der Waals surface area contributed by atoms with Gasteiger partial charge in [0.25, 0.3) is 0 Å². The molecule has 0 aliphatic rings. The van der Waals surface area contributed by atoms with Crippen LogP contribution < -0.4 is 10.6 Å². The molecule has 3 aromatic rings. The Morgan fingerprint density at radius 3 is 2.86 bits per heavy atom. The lowest BCUT2D eigenvalue weighted by Gasteiger charge is -2.11. The molecule has 3 rings (SSSR count). The molecule has 29 heavy (non-hydrogen) atoms. The fourth-order valence-corrected chi connectivity index (χ4v) is 3.51. The van der Waals surface area contributed by atoms with Gasteiger partial charge in [0.1, 0.15) is 0 Å². The summed E-state index contributed by atoms with van der Waals surface area (Å²) in [6.07, 6.45) is 3.03. The molecule has 0 aliphatic heterocycles. The number of rotatable bonds is 9. The van der Waals surface area contributed by atoms with Gasteiger partial charge in [0.05, 0.1) is 25.4 Å². The highest BCUT2D eigenvalue weighted by Crippen LogP contribution is 2.18. The van der Waals surface area contributed by atoms with Crippen LogP contribution in [0, 0.1) is 13.8 Å². The Labute approximate surface area is 172 Å². The minimum Gasteiger partial charge on any atom is -0.383 e. The van der Waals surface area contributed by atoms with E-state index in [9.17, 15) is 0 Å². The summed E-state index contributed by atoms with van der Waals surface area (Å²) < 4.78 is 7.17. The minimum absolute atomic E-state index is 0.604. The molecule has 0 spiro atoms. The maximum atomic E-state index is 5.17. The summed E-state index contributed by atoms with van der Waals surface area (Å²) in [6, 6.07) is 8.40. The minimum atomic E-state index is 0.604. The van der Waals surface area contributed by atoms with Gasteiger partial charge in [-0.05, 0) is 38.8 Å². The van der Waals surface area contributed by atoms with Gasteiger partial charge in [-0.3, -0.25) is 4.68 Å². The predicted molar refractivity (Wildman–Crippen MR) is 118 cm³/mol. The molecule has 2 heterocycles. The van der Waals surface area contributed by atoms with Gasteiger partial charge < -0.3 is 20.4 Å². The molecule has 2 aromatic heterocycles. The number of ether oxygens (including phenoxy) is 1. The van der Waals surface area contributed by atoms with Crippen LogP contribution in [0.5, 0.6) is 0 Å². The highest BCUT2D eigenvalue weighted by molar-refractivity contribution is 5.83. The first-order chi connectivity index (χ1) is 14.1. The molecule has 0 radical (unpaired) electrons. The Morgan fingerprint density at radius 1 is 1.24 bits per heavy atom. The average Bonchev–Trinajstić information content (AvgIpc) is 3.25. The Morgan fingerprint density at radius 2 is 2.07 bits per heavy atom. The number of guanidine groups is 1. The van der Waals surface area contributed by atoms with E-state index in [2.05, 4.69) is 65.0 Å². The summed E-state index contributed by atoms with van der Waals surface area (Å²) in [5, 5.41) is 12.7. The van der Waals surface area contributed by atoms with E-state index in [0.29, 0.717) is 13.2 Å². The number of methoxy groups -OCH3 is 1. The Bertz CT molecular complexity index is 956. The topological polar surface area (TPSA) is 79.3 Å². The summed E-state index contributed by atoms with van der Waals surface area (Å²) in [5.74, 6) is 0.829. The number of nitrogens with one attached hydrogen (secondary N) is 3. The number of H-pyrrole nitrogens is 1. The average molecular weight is 397 g/mol. The lowest BCUT2D eigenvalue weighted by molar-refractivity contribution is 0.182. The van der Waals surface area contributed by atoms with Crippen molar-refractivity contribution in [2.24, 2.45) is 4.99 Å². The van der Waals surface area contributed by atoms with E-state index < -0.39 is 0 Å². The third-order valence-electron chi connectivity index (χ3n) is 5.14. The third kappa shape index (κ3) is 5.17. The van der Waals surface area contributed by atoms with E-state index in [1.54, 1.807) is 7.11 Å². The van der Waals surface area contributed by atoms with E-state index in [1.165, 1.54) is 22.0 Å². The molecule has 0 fully saturated rings. The molecular formula is C22H32N6O. The molecule has 7 nitrogen and oxygen atoms in total. The van der Waals surface area contributed by atoms with Crippen LogP contribution in [-0.4, -0.2) is 47.5 Å².